The summed E-state index contributed by atoms with van der Waals surface area (Å²) in [5.74, 6) is -0.779. The van der Waals surface area contributed by atoms with Gasteiger partial charge in [0.25, 0.3) is 0 Å². The van der Waals surface area contributed by atoms with E-state index in [1.165, 1.54) is 250 Å². The van der Waals surface area contributed by atoms with Gasteiger partial charge >= 0.3 is 11.9 Å². The van der Waals surface area contributed by atoms with Crippen LogP contribution in [0.15, 0.2) is 0 Å². The fourth-order valence-corrected chi connectivity index (χ4v) is 9.96. The van der Waals surface area contributed by atoms with E-state index in [1.807, 2.05) is 0 Å². The van der Waals surface area contributed by atoms with E-state index in [4.69, 9.17) is 18.9 Å². The second kappa shape index (κ2) is 51.2. The maximum Gasteiger partial charge on any atom is 0.306 e. The fraction of sp³-hybridized carbons (Fsp3) is 0.967. The van der Waals surface area contributed by atoms with Crippen molar-refractivity contribution in [1.29, 1.82) is 0 Å². The van der Waals surface area contributed by atoms with Crippen LogP contribution in [-0.2, 0) is 28.5 Å². The number of rotatable bonds is 54. The van der Waals surface area contributed by atoms with E-state index in [0.29, 0.717) is 6.42 Å². The molecule has 4 N–H and O–H groups in total. The van der Waals surface area contributed by atoms with Gasteiger partial charge in [0.1, 0.15) is 31.0 Å². The number of ether oxygens (including phenoxy) is 4. The third-order valence-electron chi connectivity index (χ3n) is 14.7. The lowest BCUT2D eigenvalue weighted by Gasteiger charge is -2.39. The molecular weight excluding hydrogens is 881 g/mol. The summed E-state index contributed by atoms with van der Waals surface area (Å²) in [6.07, 6.45) is 51.3. The summed E-state index contributed by atoms with van der Waals surface area (Å²) in [6, 6.07) is 0. The number of carbonyl (C=O) groups excluding carboxylic acids is 2. The van der Waals surface area contributed by atoms with E-state index in [-0.39, 0.29) is 32.0 Å². The van der Waals surface area contributed by atoms with E-state index in [1.54, 1.807) is 0 Å². The van der Waals surface area contributed by atoms with Crippen LogP contribution < -0.4 is 0 Å². The molecule has 70 heavy (non-hydrogen) atoms. The molecule has 1 saturated heterocycles. The summed E-state index contributed by atoms with van der Waals surface area (Å²) >= 11 is 0. The summed E-state index contributed by atoms with van der Waals surface area (Å²) in [7, 11) is 0. The summed E-state index contributed by atoms with van der Waals surface area (Å²) in [5.41, 5.74) is 0. The Bertz CT molecular complexity index is 1110. The van der Waals surface area contributed by atoms with Gasteiger partial charge in [0.15, 0.2) is 12.4 Å². The van der Waals surface area contributed by atoms with Crippen molar-refractivity contribution in [2.24, 2.45) is 0 Å². The predicted octanol–water partition coefficient (Wildman–Crippen LogP) is 15.6. The number of hydrogen-bond acceptors (Lipinski definition) is 10. The fourth-order valence-electron chi connectivity index (χ4n) is 9.96. The van der Waals surface area contributed by atoms with Gasteiger partial charge in [-0.1, -0.05) is 290 Å². The van der Waals surface area contributed by atoms with Crippen molar-refractivity contribution in [1.82, 2.24) is 0 Å². The Hall–Kier alpha value is -1.30. The standard InChI is InChI=1S/C60H116O10/c1-3-5-7-9-11-13-15-17-19-21-23-25-27-29-31-33-35-37-39-41-43-45-47-49-56(63)69-53(52-68-60-59(66)58(65)57(64)54(50-61)70-60)51-67-55(62)48-46-44-42-40-38-36-34-32-30-28-26-24-22-20-18-16-14-12-10-8-6-4-2/h53-54,57-61,64-66H,3-52H2,1-2H3. The maximum atomic E-state index is 12.9. The second-order valence-corrected chi connectivity index (χ2v) is 21.5. The molecule has 6 unspecified atom stereocenters. The molecule has 0 aromatic heterocycles. The highest BCUT2D eigenvalue weighted by Gasteiger charge is 2.44. The Labute approximate surface area is 431 Å². The lowest BCUT2D eigenvalue weighted by Crippen LogP contribution is -2.59. The highest BCUT2D eigenvalue weighted by molar-refractivity contribution is 5.70. The zero-order chi connectivity index (χ0) is 50.8. The average Bonchev–Trinajstić information content (AvgIpc) is 3.36. The van der Waals surface area contributed by atoms with Gasteiger partial charge in [-0.3, -0.25) is 9.59 Å². The van der Waals surface area contributed by atoms with Gasteiger partial charge in [-0.15, -0.1) is 0 Å². The molecule has 0 saturated carbocycles. The van der Waals surface area contributed by atoms with Crippen LogP contribution in [0.3, 0.4) is 0 Å². The van der Waals surface area contributed by atoms with Crippen molar-refractivity contribution in [2.45, 2.75) is 352 Å². The molecule has 1 rings (SSSR count). The zero-order valence-corrected chi connectivity index (χ0v) is 46.1. The number of aliphatic hydroxyl groups is 4. The van der Waals surface area contributed by atoms with E-state index < -0.39 is 49.4 Å². The van der Waals surface area contributed by atoms with E-state index >= 15 is 0 Å². The molecular formula is C60H116O10. The smallest absolute Gasteiger partial charge is 0.306 e. The van der Waals surface area contributed by atoms with Crippen LogP contribution in [0.1, 0.15) is 316 Å². The largest absolute Gasteiger partial charge is 0.462 e. The zero-order valence-electron chi connectivity index (χ0n) is 46.1. The molecule has 6 atom stereocenters. The van der Waals surface area contributed by atoms with Crippen molar-refractivity contribution >= 4 is 11.9 Å². The molecule has 0 aliphatic carbocycles. The average molecular weight is 998 g/mol. The first kappa shape index (κ1) is 66.7. The third-order valence-corrected chi connectivity index (χ3v) is 14.7. The van der Waals surface area contributed by atoms with Crippen molar-refractivity contribution in [3.05, 3.63) is 0 Å². The molecule has 0 aromatic rings. The van der Waals surface area contributed by atoms with Crippen LogP contribution in [-0.4, -0.2) is 89.0 Å². The van der Waals surface area contributed by atoms with Crippen molar-refractivity contribution in [3.63, 3.8) is 0 Å². The number of aliphatic hydroxyl groups excluding tert-OH is 4. The van der Waals surface area contributed by atoms with Crippen molar-refractivity contribution < 1.29 is 49.0 Å². The third kappa shape index (κ3) is 41.1. The molecule has 0 bridgehead atoms. The van der Waals surface area contributed by atoms with Gasteiger partial charge < -0.3 is 39.4 Å². The monoisotopic (exact) mass is 997 g/mol. The number of hydrogen-bond donors (Lipinski definition) is 4. The molecule has 1 aliphatic rings. The minimum absolute atomic E-state index is 0.208. The Morgan fingerprint density at radius 2 is 0.671 bits per heavy atom. The molecule has 0 amide bonds. The van der Waals surface area contributed by atoms with E-state index in [9.17, 15) is 30.0 Å². The quantitative estimate of drug-likeness (QED) is 0.0342. The first-order valence-corrected chi connectivity index (χ1v) is 30.6. The SMILES string of the molecule is CCCCCCCCCCCCCCCCCCCCCCCCCC(=O)OC(COC(=O)CCCCCCCCCCCCCCCCCCCCCCCC)COC1OC(CO)C(O)C(O)C1O. The van der Waals surface area contributed by atoms with Gasteiger partial charge in [0, 0.05) is 12.8 Å². The van der Waals surface area contributed by atoms with Crippen LogP contribution in [0.5, 0.6) is 0 Å². The second-order valence-electron chi connectivity index (χ2n) is 21.5. The number of carbonyl (C=O) groups is 2. The minimum Gasteiger partial charge on any atom is -0.462 e. The van der Waals surface area contributed by atoms with Crippen LogP contribution in [0.4, 0.5) is 0 Å². The highest BCUT2D eigenvalue weighted by atomic mass is 16.7. The predicted molar refractivity (Wildman–Crippen MR) is 289 cm³/mol. The number of esters is 2. The lowest BCUT2D eigenvalue weighted by atomic mass is 9.99. The Balaban J connectivity index is 2.15. The first-order valence-electron chi connectivity index (χ1n) is 30.6. The summed E-state index contributed by atoms with van der Waals surface area (Å²) in [6.45, 7) is 3.51. The Morgan fingerprint density at radius 1 is 0.386 bits per heavy atom. The Kier molecular flexibility index (Phi) is 48.8. The van der Waals surface area contributed by atoms with Gasteiger partial charge in [-0.05, 0) is 12.8 Å². The first-order chi connectivity index (χ1) is 34.3. The molecule has 1 aliphatic heterocycles. The van der Waals surface area contributed by atoms with Gasteiger partial charge in [-0.25, -0.2) is 0 Å². The van der Waals surface area contributed by atoms with Gasteiger partial charge in [0.05, 0.1) is 13.2 Å². The van der Waals surface area contributed by atoms with Crippen LogP contribution in [0, 0.1) is 0 Å². The van der Waals surface area contributed by atoms with Crippen LogP contribution in [0.25, 0.3) is 0 Å². The molecule has 416 valence electrons. The maximum absolute atomic E-state index is 12.9. The van der Waals surface area contributed by atoms with Crippen LogP contribution in [0.2, 0.25) is 0 Å². The molecule has 1 fully saturated rings. The van der Waals surface area contributed by atoms with Crippen molar-refractivity contribution in [2.75, 3.05) is 19.8 Å². The lowest BCUT2D eigenvalue weighted by molar-refractivity contribution is -0.305. The van der Waals surface area contributed by atoms with Crippen molar-refractivity contribution in [3.8, 4) is 0 Å². The number of unbranched alkanes of at least 4 members (excludes halogenated alkanes) is 43. The molecule has 0 spiro atoms. The van der Waals surface area contributed by atoms with E-state index in [2.05, 4.69) is 13.8 Å². The normalized spacial score (nSPS) is 18.6. The minimum atomic E-state index is -1.59. The van der Waals surface area contributed by atoms with Gasteiger partial charge in [-0.2, -0.15) is 0 Å². The molecule has 0 aromatic carbocycles. The summed E-state index contributed by atoms with van der Waals surface area (Å²) in [5, 5.41) is 40.4. The van der Waals surface area contributed by atoms with Crippen LogP contribution >= 0.6 is 0 Å². The molecule has 1 heterocycles. The highest BCUT2D eigenvalue weighted by Crippen LogP contribution is 2.23. The molecule has 10 nitrogen and oxygen atoms in total. The summed E-state index contributed by atoms with van der Waals surface area (Å²) < 4.78 is 22.4. The summed E-state index contributed by atoms with van der Waals surface area (Å²) in [4.78, 5) is 25.6. The van der Waals surface area contributed by atoms with Gasteiger partial charge in [0.2, 0.25) is 0 Å². The topological polar surface area (TPSA) is 152 Å². The Morgan fingerprint density at radius 3 is 0.971 bits per heavy atom. The molecule has 10 heteroatoms. The van der Waals surface area contributed by atoms with E-state index in [0.717, 1.165) is 32.1 Å². The molecule has 0 radical (unpaired) electrons.